The first kappa shape index (κ1) is 13.8. The zero-order valence-electron chi connectivity index (χ0n) is 11.4. The quantitative estimate of drug-likeness (QED) is 0.888. The molecule has 1 aromatic rings. The summed E-state index contributed by atoms with van der Waals surface area (Å²) in [7, 11) is 3.48. The molecule has 0 saturated carbocycles. The smallest absolute Gasteiger partial charge is 0.224 e. The van der Waals surface area contributed by atoms with E-state index in [0.29, 0.717) is 25.2 Å². The molecule has 5 heteroatoms. The monoisotopic (exact) mass is 265 g/mol. The summed E-state index contributed by atoms with van der Waals surface area (Å²) in [6, 6.07) is 6.74. The van der Waals surface area contributed by atoms with E-state index in [1.807, 2.05) is 11.0 Å². The topological polar surface area (TPSA) is 35.6 Å². The zero-order valence-corrected chi connectivity index (χ0v) is 11.4. The maximum Gasteiger partial charge on any atom is 0.224 e. The number of anilines is 1. The van der Waals surface area contributed by atoms with E-state index in [2.05, 4.69) is 5.32 Å². The third-order valence-corrected chi connectivity index (χ3v) is 3.42. The van der Waals surface area contributed by atoms with Gasteiger partial charge in [-0.3, -0.25) is 4.79 Å². The lowest BCUT2D eigenvalue weighted by Gasteiger charge is -2.38. The first-order valence-corrected chi connectivity index (χ1v) is 6.51. The fraction of sp³-hybridized carbons (Fsp3) is 0.500. The van der Waals surface area contributed by atoms with Crippen LogP contribution in [0.25, 0.3) is 0 Å². The Morgan fingerprint density at radius 2 is 2.21 bits per heavy atom. The van der Waals surface area contributed by atoms with Gasteiger partial charge in [0.05, 0.1) is 11.7 Å². The highest BCUT2D eigenvalue weighted by Gasteiger charge is 2.26. The van der Waals surface area contributed by atoms with Crippen molar-refractivity contribution in [3.63, 3.8) is 0 Å². The van der Waals surface area contributed by atoms with Crippen LogP contribution < -0.4 is 10.2 Å². The predicted molar refractivity (Wildman–Crippen MR) is 73.7 cm³/mol. The van der Waals surface area contributed by atoms with Gasteiger partial charge in [-0.05, 0) is 12.1 Å². The highest BCUT2D eigenvalue weighted by atomic mass is 19.1. The number of amides is 1. The van der Waals surface area contributed by atoms with Gasteiger partial charge in [-0.1, -0.05) is 12.1 Å². The second kappa shape index (κ2) is 6.02. The van der Waals surface area contributed by atoms with E-state index in [-0.39, 0.29) is 17.8 Å². The SMILES string of the molecule is CN(C)C(=O)CC1CNCCN1c1ccccc1F. The molecule has 1 amide bonds. The maximum absolute atomic E-state index is 13.9. The van der Waals surface area contributed by atoms with Crippen molar-refractivity contribution >= 4 is 11.6 Å². The van der Waals surface area contributed by atoms with E-state index in [4.69, 9.17) is 0 Å². The number of hydrogen-bond donors (Lipinski definition) is 1. The van der Waals surface area contributed by atoms with E-state index in [1.165, 1.54) is 6.07 Å². The summed E-state index contributed by atoms with van der Waals surface area (Å²) < 4.78 is 13.9. The third kappa shape index (κ3) is 3.23. The van der Waals surface area contributed by atoms with Crippen molar-refractivity contribution in [2.75, 3.05) is 38.6 Å². The highest BCUT2D eigenvalue weighted by molar-refractivity contribution is 5.77. The summed E-state index contributed by atoms with van der Waals surface area (Å²) in [6.07, 6.45) is 0.397. The average Bonchev–Trinajstić information content (AvgIpc) is 2.40. The summed E-state index contributed by atoms with van der Waals surface area (Å²) >= 11 is 0. The van der Waals surface area contributed by atoms with Crippen LogP contribution in [0.3, 0.4) is 0 Å². The summed E-state index contributed by atoms with van der Waals surface area (Å²) in [4.78, 5) is 15.4. The molecule has 1 unspecified atom stereocenters. The Morgan fingerprint density at radius 1 is 1.47 bits per heavy atom. The van der Waals surface area contributed by atoms with Crippen molar-refractivity contribution < 1.29 is 9.18 Å². The number of para-hydroxylation sites is 1. The molecule has 1 heterocycles. The Balaban J connectivity index is 2.17. The lowest BCUT2D eigenvalue weighted by Crippen LogP contribution is -2.53. The second-order valence-corrected chi connectivity index (χ2v) is 5.00. The Morgan fingerprint density at radius 3 is 2.89 bits per heavy atom. The average molecular weight is 265 g/mol. The highest BCUT2D eigenvalue weighted by Crippen LogP contribution is 2.23. The Kier molecular flexibility index (Phi) is 4.37. The molecule has 4 nitrogen and oxygen atoms in total. The molecule has 0 bridgehead atoms. The number of nitrogens with zero attached hydrogens (tertiary/aromatic N) is 2. The Hall–Kier alpha value is -1.62. The van der Waals surface area contributed by atoms with Gasteiger partial charge in [0, 0.05) is 40.2 Å². The van der Waals surface area contributed by atoms with Crippen molar-refractivity contribution in [2.45, 2.75) is 12.5 Å². The van der Waals surface area contributed by atoms with Gasteiger partial charge in [0.15, 0.2) is 0 Å². The molecule has 0 radical (unpaired) electrons. The molecule has 19 heavy (non-hydrogen) atoms. The summed E-state index contributed by atoms with van der Waals surface area (Å²) in [6.45, 7) is 2.22. The normalized spacial score (nSPS) is 19.3. The molecule has 2 rings (SSSR count). The Bertz CT molecular complexity index is 450. The number of benzene rings is 1. The number of rotatable bonds is 3. The summed E-state index contributed by atoms with van der Waals surface area (Å²) in [5, 5.41) is 3.26. The van der Waals surface area contributed by atoms with Gasteiger partial charge in [0.2, 0.25) is 5.91 Å². The largest absolute Gasteiger partial charge is 0.363 e. The van der Waals surface area contributed by atoms with Gasteiger partial charge < -0.3 is 15.1 Å². The lowest BCUT2D eigenvalue weighted by atomic mass is 10.1. The molecule has 1 atom stereocenters. The van der Waals surface area contributed by atoms with Crippen LogP contribution in [-0.2, 0) is 4.79 Å². The maximum atomic E-state index is 13.9. The van der Waals surface area contributed by atoms with Crippen LogP contribution in [0, 0.1) is 5.82 Å². The Labute approximate surface area is 113 Å². The molecule has 0 spiro atoms. The first-order chi connectivity index (χ1) is 9.09. The van der Waals surface area contributed by atoms with E-state index in [9.17, 15) is 9.18 Å². The first-order valence-electron chi connectivity index (χ1n) is 6.51. The van der Waals surface area contributed by atoms with E-state index >= 15 is 0 Å². The van der Waals surface area contributed by atoms with Gasteiger partial charge >= 0.3 is 0 Å². The fourth-order valence-electron chi connectivity index (χ4n) is 2.33. The van der Waals surface area contributed by atoms with E-state index in [1.54, 1.807) is 31.1 Å². The minimum atomic E-state index is -0.230. The third-order valence-electron chi connectivity index (χ3n) is 3.42. The molecule has 1 aromatic carbocycles. The lowest BCUT2D eigenvalue weighted by molar-refractivity contribution is -0.129. The van der Waals surface area contributed by atoms with E-state index < -0.39 is 0 Å². The zero-order chi connectivity index (χ0) is 13.8. The standard InChI is InChI=1S/C14H20FN3O/c1-17(2)14(19)9-11-10-16-7-8-18(11)13-6-4-3-5-12(13)15/h3-6,11,16H,7-10H2,1-2H3. The molecule has 1 aliphatic heterocycles. The van der Waals surface area contributed by atoms with Crippen LogP contribution in [0.15, 0.2) is 24.3 Å². The summed E-state index contributed by atoms with van der Waals surface area (Å²) in [5.41, 5.74) is 0.584. The van der Waals surface area contributed by atoms with Crippen LogP contribution in [0.5, 0.6) is 0 Å². The van der Waals surface area contributed by atoms with Gasteiger partial charge in [-0.2, -0.15) is 0 Å². The number of carbonyl (C=O) groups is 1. The molecule has 1 fully saturated rings. The molecule has 1 aliphatic rings. The second-order valence-electron chi connectivity index (χ2n) is 5.00. The number of hydrogen-bond acceptors (Lipinski definition) is 3. The summed E-state index contributed by atoms with van der Waals surface area (Å²) in [5.74, 6) is -0.165. The molecule has 104 valence electrons. The van der Waals surface area contributed by atoms with Crippen LogP contribution in [0.2, 0.25) is 0 Å². The molecule has 0 aromatic heterocycles. The van der Waals surface area contributed by atoms with Crippen molar-refractivity contribution in [3.05, 3.63) is 30.1 Å². The molecule has 1 saturated heterocycles. The van der Waals surface area contributed by atoms with Gasteiger partial charge in [-0.25, -0.2) is 4.39 Å². The van der Waals surface area contributed by atoms with Crippen molar-refractivity contribution in [3.8, 4) is 0 Å². The molecule has 1 N–H and O–H groups in total. The van der Waals surface area contributed by atoms with Crippen LogP contribution in [0.4, 0.5) is 10.1 Å². The van der Waals surface area contributed by atoms with Crippen molar-refractivity contribution in [2.24, 2.45) is 0 Å². The van der Waals surface area contributed by atoms with Crippen LogP contribution >= 0.6 is 0 Å². The van der Waals surface area contributed by atoms with Gasteiger partial charge in [0.25, 0.3) is 0 Å². The molecular weight excluding hydrogens is 245 g/mol. The van der Waals surface area contributed by atoms with Crippen molar-refractivity contribution in [1.82, 2.24) is 10.2 Å². The minimum Gasteiger partial charge on any atom is -0.363 e. The van der Waals surface area contributed by atoms with Crippen LogP contribution in [0.1, 0.15) is 6.42 Å². The van der Waals surface area contributed by atoms with Gasteiger partial charge in [0.1, 0.15) is 5.82 Å². The number of halogens is 1. The minimum absolute atomic E-state index is 0.000509. The number of nitrogens with one attached hydrogen (secondary N) is 1. The van der Waals surface area contributed by atoms with Crippen LogP contribution in [-0.4, -0.2) is 50.6 Å². The molecule has 0 aliphatic carbocycles. The fourth-order valence-corrected chi connectivity index (χ4v) is 2.33. The predicted octanol–water partition coefficient (Wildman–Crippen LogP) is 1.08. The number of carbonyl (C=O) groups excluding carboxylic acids is 1. The van der Waals surface area contributed by atoms with Crippen molar-refractivity contribution in [1.29, 1.82) is 0 Å². The number of piperazine rings is 1. The molecular formula is C14H20FN3O. The van der Waals surface area contributed by atoms with Gasteiger partial charge in [-0.15, -0.1) is 0 Å². The van der Waals surface area contributed by atoms with E-state index in [0.717, 1.165) is 6.54 Å².